The normalized spacial score (nSPS) is 15.6. The van der Waals surface area contributed by atoms with Gasteiger partial charge in [-0.3, -0.25) is 9.69 Å². The zero-order valence-electron chi connectivity index (χ0n) is 18.5. The molecule has 1 atom stereocenters. The minimum Gasteiger partial charge on any atom is -0.467 e. The van der Waals surface area contributed by atoms with Gasteiger partial charge >= 0.3 is 12.1 Å². The first-order valence-electron chi connectivity index (χ1n) is 10.2. The van der Waals surface area contributed by atoms with Crippen LogP contribution in [0.4, 0.5) is 4.79 Å². The Balaban J connectivity index is 2.02. The van der Waals surface area contributed by atoms with E-state index in [1.807, 2.05) is 30.3 Å². The van der Waals surface area contributed by atoms with E-state index >= 15 is 0 Å². The lowest BCUT2D eigenvalue weighted by Crippen LogP contribution is -2.46. The minimum absolute atomic E-state index is 0.152. The molecule has 164 valence electrons. The van der Waals surface area contributed by atoms with Crippen LogP contribution in [0.25, 0.3) is 11.1 Å². The van der Waals surface area contributed by atoms with Gasteiger partial charge in [-0.05, 0) is 61.6 Å². The predicted octanol–water partition coefficient (Wildman–Crippen LogP) is 3.72. The number of nitrogens with one attached hydrogen (secondary N) is 1. The van der Waals surface area contributed by atoms with Gasteiger partial charge in [-0.1, -0.05) is 30.3 Å². The van der Waals surface area contributed by atoms with Crippen LogP contribution in [0.1, 0.15) is 48.3 Å². The van der Waals surface area contributed by atoms with Crippen LogP contribution in [0.3, 0.4) is 0 Å². The highest BCUT2D eigenvalue weighted by atomic mass is 16.6. The van der Waals surface area contributed by atoms with E-state index in [0.29, 0.717) is 18.5 Å². The number of fused-ring (bicyclic) bond motifs is 1. The summed E-state index contributed by atoms with van der Waals surface area (Å²) in [6, 6.07) is 12.1. The van der Waals surface area contributed by atoms with Crippen LogP contribution in [0.15, 0.2) is 42.5 Å². The van der Waals surface area contributed by atoms with Gasteiger partial charge in [0.2, 0.25) is 0 Å². The minimum atomic E-state index is -0.881. The van der Waals surface area contributed by atoms with Crippen LogP contribution in [0.5, 0.6) is 0 Å². The van der Waals surface area contributed by atoms with Crippen molar-refractivity contribution in [1.29, 1.82) is 0 Å². The molecule has 0 aliphatic carbocycles. The molecule has 2 aromatic rings. The predicted molar refractivity (Wildman–Crippen MR) is 117 cm³/mol. The Morgan fingerprint density at radius 1 is 1.06 bits per heavy atom. The maximum Gasteiger partial charge on any atom is 0.411 e. The summed E-state index contributed by atoms with van der Waals surface area (Å²) in [6.07, 6.45) is 0.0176. The molecule has 0 aromatic heterocycles. The summed E-state index contributed by atoms with van der Waals surface area (Å²) in [5, 5.41) is 2.61. The molecule has 0 unspecified atom stereocenters. The number of methoxy groups -OCH3 is 1. The maximum absolute atomic E-state index is 12.8. The third-order valence-corrected chi connectivity index (χ3v) is 5.16. The highest BCUT2D eigenvalue weighted by Crippen LogP contribution is 2.37. The topological polar surface area (TPSA) is 84.9 Å². The van der Waals surface area contributed by atoms with Crippen LogP contribution < -0.4 is 5.32 Å². The highest BCUT2D eigenvalue weighted by molar-refractivity contribution is 5.94. The summed E-state index contributed by atoms with van der Waals surface area (Å²) in [7, 11) is 2.90. The van der Waals surface area contributed by atoms with E-state index in [9.17, 15) is 14.4 Å². The lowest BCUT2D eigenvalue weighted by atomic mass is 9.86. The van der Waals surface area contributed by atoms with Crippen molar-refractivity contribution >= 4 is 18.0 Å². The van der Waals surface area contributed by atoms with Gasteiger partial charge in [-0.25, -0.2) is 9.59 Å². The Hall–Kier alpha value is -3.35. The van der Waals surface area contributed by atoms with Gasteiger partial charge in [0.1, 0.15) is 5.60 Å². The molecule has 3 rings (SSSR count). The summed E-state index contributed by atoms with van der Waals surface area (Å²) < 4.78 is 10.5. The van der Waals surface area contributed by atoms with Crippen LogP contribution in [0, 0.1) is 0 Å². The summed E-state index contributed by atoms with van der Waals surface area (Å²) in [6.45, 7) is 5.69. The van der Waals surface area contributed by atoms with Crippen molar-refractivity contribution in [3.8, 4) is 11.1 Å². The first-order chi connectivity index (χ1) is 14.7. The first kappa shape index (κ1) is 22.3. The van der Waals surface area contributed by atoms with Crippen LogP contribution >= 0.6 is 0 Å². The van der Waals surface area contributed by atoms with E-state index in [-0.39, 0.29) is 5.91 Å². The van der Waals surface area contributed by atoms with Gasteiger partial charge in [0.25, 0.3) is 5.91 Å². The second-order valence-corrected chi connectivity index (χ2v) is 8.38. The number of carbonyl (C=O) groups is 3. The number of esters is 1. The largest absolute Gasteiger partial charge is 0.467 e. The van der Waals surface area contributed by atoms with Crippen LogP contribution in [-0.2, 0) is 20.7 Å². The van der Waals surface area contributed by atoms with Crippen LogP contribution in [0.2, 0.25) is 0 Å². The molecule has 7 heteroatoms. The molecule has 1 heterocycles. The Labute approximate surface area is 182 Å². The molecule has 7 nitrogen and oxygen atoms in total. The van der Waals surface area contributed by atoms with Crippen molar-refractivity contribution < 1.29 is 23.9 Å². The van der Waals surface area contributed by atoms with E-state index in [1.54, 1.807) is 40.0 Å². The molecule has 0 bridgehead atoms. The SMILES string of the molecule is CNC(=O)c1ccc(-c2cccc3c2CCN(C(=O)OC(C)(C)C)[C@@H]3C(=O)OC)cc1. The molecular formula is C24H28N2O5. The number of nitrogens with zero attached hydrogens (tertiary/aromatic N) is 1. The van der Waals surface area contributed by atoms with E-state index in [1.165, 1.54) is 12.0 Å². The molecule has 2 aromatic carbocycles. The quantitative estimate of drug-likeness (QED) is 0.759. The fraction of sp³-hybridized carbons (Fsp3) is 0.375. The van der Waals surface area contributed by atoms with Gasteiger partial charge in [0.05, 0.1) is 7.11 Å². The molecule has 1 aliphatic rings. The Morgan fingerprint density at radius 3 is 2.32 bits per heavy atom. The monoisotopic (exact) mass is 424 g/mol. The van der Waals surface area contributed by atoms with Gasteiger partial charge in [-0.15, -0.1) is 0 Å². The van der Waals surface area contributed by atoms with Crippen LogP contribution in [-0.4, -0.2) is 49.2 Å². The molecule has 2 amide bonds. The lowest BCUT2D eigenvalue weighted by Gasteiger charge is -2.37. The van der Waals surface area contributed by atoms with Crippen molar-refractivity contribution in [2.24, 2.45) is 0 Å². The Kier molecular flexibility index (Phi) is 6.34. The lowest BCUT2D eigenvalue weighted by molar-refractivity contribution is -0.147. The van der Waals surface area contributed by atoms with E-state index < -0.39 is 23.7 Å². The second-order valence-electron chi connectivity index (χ2n) is 8.38. The molecule has 1 N–H and O–H groups in total. The van der Waals surface area contributed by atoms with E-state index in [4.69, 9.17) is 9.47 Å². The number of benzene rings is 2. The molecule has 1 aliphatic heterocycles. The number of rotatable bonds is 3. The zero-order valence-corrected chi connectivity index (χ0v) is 18.5. The van der Waals surface area contributed by atoms with E-state index in [0.717, 1.165) is 22.3 Å². The molecule has 0 fully saturated rings. The number of hydrogen-bond donors (Lipinski definition) is 1. The van der Waals surface area contributed by atoms with Crippen molar-refractivity contribution in [3.05, 3.63) is 59.2 Å². The Morgan fingerprint density at radius 2 is 1.74 bits per heavy atom. The third kappa shape index (κ3) is 4.71. The van der Waals surface area contributed by atoms with Crippen molar-refractivity contribution in [2.75, 3.05) is 20.7 Å². The summed E-state index contributed by atoms with van der Waals surface area (Å²) >= 11 is 0. The molecular weight excluding hydrogens is 396 g/mol. The molecule has 0 saturated carbocycles. The van der Waals surface area contributed by atoms with Crippen molar-refractivity contribution in [2.45, 2.75) is 38.8 Å². The molecule has 0 saturated heterocycles. The summed E-state index contributed by atoms with van der Waals surface area (Å²) in [5.74, 6) is -0.667. The number of carbonyl (C=O) groups excluding carboxylic acids is 3. The fourth-order valence-corrected chi connectivity index (χ4v) is 3.77. The zero-order chi connectivity index (χ0) is 22.8. The third-order valence-electron chi connectivity index (χ3n) is 5.16. The average Bonchev–Trinajstić information content (AvgIpc) is 2.75. The van der Waals surface area contributed by atoms with Gasteiger partial charge in [0.15, 0.2) is 6.04 Å². The van der Waals surface area contributed by atoms with Crippen molar-refractivity contribution in [3.63, 3.8) is 0 Å². The standard InChI is InChI=1S/C24H28N2O5/c1-24(2,3)31-23(29)26-14-13-18-17(7-6-8-19(18)20(26)22(28)30-5)15-9-11-16(12-10-15)21(27)25-4/h6-12,20H,13-14H2,1-5H3,(H,25,27)/t20-/m0/s1. The van der Waals surface area contributed by atoms with Gasteiger partial charge in [0, 0.05) is 19.2 Å². The van der Waals surface area contributed by atoms with Gasteiger partial charge < -0.3 is 14.8 Å². The second kappa shape index (κ2) is 8.79. The maximum atomic E-state index is 12.8. The number of amides is 2. The molecule has 31 heavy (non-hydrogen) atoms. The summed E-state index contributed by atoms with van der Waals surface area (Å²) in [4.78, 5) is 38.8. The smallest absolute Gasteiger partial charge is 0.411 e. The first-order valence-corrected chi connectivity index (χ1v) is 10.2. The average molecular weight is 424 g/mol. The van der Waals surface area contributed by atoms with Gasteiger partial charge in [-0.2, -0.15) is 0 Å². The molecule has 0 radical (unpaired) electrons. The molecule has 0 spiro atoms. The van der Waals surface area contributed by atoms with Crippen molar-refractivity contribution in [1.82, 2.24) is 10.2 Å². The van der Waals surface area contributed by atoms with E-state index in [2.05, 4.69) is 5.32 Å². The number of hydrogen-bond acceptors (Lipinski definition) is 5. The Bertz CT molecular complexity index is 992. The fourth-order valence-electron chi connectivity index (χ4n) is 3.77. The summed E-state index contributed by atoms with van der Waals surface area (Å²) in [5.41, 5.74) is 3.48. The highest BCUT2D eigenvalue weighted by Gasteiger charge is 2.39. The number of ether oxygens (including phenoxy) is 2.